The lowest BCUT2D eigenvalue weighted by Gasteiger charge is -2.12. The van der Waals surface area contributed by atoms with Gasteiger partial charge in [0, 0.05) is 40.9 Å². The highest BCUT2D eigenvalue weighted by atomic mass is 32.2. The third-order valence-electron chi connectivity index (χ3n) is 5.02. The zero-order chi connectivity index (χ0) is 25.4. The van der Waals surface area contributed by atoms with Crippen LogP contribution in [0.15, 0.2) is 59.6 Å². The number of benzene rings is 2. The second-order valence-corrected chi connectivity index (χ2v) is 10.3. The molecule has 0 radical (unpaired) electrons. The summed E-state index contributed by atoms with van der Waals surface area (Å²) in [7, 11) is 4.08. The number of nitrogen functional groups attached to an aromatic ring is 1. The van der Waals surface area contributed by atoms with Crippen LogP contribution in [0.1, 0.15) is 30.7 Å². The Kier molecular flexibility index (Phi) is 9.36. The van der Waals surface area contributed by atoms with E-state index < -0.39 is 0 Å². The lowest BCUT2D eigenvalue weighted by molar-refractivity contribution is 0.400. The molecular weight excluding hydrogens is 458 g/mol. The molecule has 1 heterocycles. The third-order valence-corrected chi connectivity index (χ3v) is 6.04. The predicted octanol–water partition coefficient (Wildman–Crippen LogP) is 4.25. The molecule has 0 atom stereocenters. The van der Waals surface area contributed by atoms with Gasteiger partial charge >= 0.3 is 0 Å². The third kappa shape index (κ3) is 7.88. The van der Waals surface area contributed by atoms with Crippen LogP contribution in [-0.4, -0.2) is 59.1 Å². The van der Waals surface area contributed by atoms with E-state index in [1.165, 1.54) is 4.90 Å². The first-order valence-electron chi connectivity index (χ1n) is 11.4. The number of hydrogen-bond acceptors (Lipinski definition) is 9. The molecule has 5 N–H and O–H groups in total. The molecule has 0 bridgehead atoms. The smallest absolute Gasteiger partial charge is 0.243 e. The van der Waals surface area contributed by atoms with Crippen molar-refractivity contribution in [3.05, 3.63) is 71.5 Å². The Balaban J connectivity index is 1.64. The van der Waals surface area contributed by atoms with Gasteiger partial charge in [-0.15, -0.1) is 11.8 Å². The van der Waals surface area contributed by atoms with Gasteiger partial charge in [0.2, 0.25) is 11.8 Å². The van der Waals surface area contributed by atoms with Gasteiger partial charge in [0.25, 0.3) is 0 Å². The Bertz CT molecular complexity index is 1150. The highest BCUT2D eigenvalue weighted by Gasteiger charge is 2.16. The van der Waals surface area contributed by atoms with E-state index in [2.05, 4.69) is 34.0 Å². The fraction of sp³-hybridized carbons (Fsp3) is 0.308. The minimum Gasteiger partial charge on any atom is -0.419 e. The first-order chi connectivity index (χ1) is 16.7. The van der Waals surface area contributed by atoms with Crippen LogP contribution < -0.4 is 11.1 Å². The first-order valence-corrected chi connectivity index (χ1v) is 12.3. The minimum absolute atomic E-state index is 0.0812. The number of anilines is 1. The number of thioether (sulfide) groups is 1. The van der Waals surface area contributed by atoms with Crippen molar-refractivity contribution in [3.8, 4) is 11.3 Å². The van der Waals surface area contributed by atoms with Crippen LogP contribution >= 0.6 is 11.8 Å². The van der Waals surface area contributed by atoms with Gasteiger partial charge in [-0.2, -0.15) is 0 Å². The quantitative estimate of drug-likeness (QED) is 0.145. The summed E-state index contributed by atoms with van der Waals surface area (Å²) in [6.45, 7) is 6.91. The van der Waals surface area contributed by atoms with Crippen molar-refractivity contribution in [1.29, 1.82) is 10.8 Å². The highest BCUT2D eigenvalue weighted by molar-refractivity contribution is 7.99. The van der Waals surface area contributed by atoms with E-state index >= 15 is 0 Å². The zero-order valence-electron chi connectivity index (χ0n) is 20.6. The van der Waals surface area contributed by atoms with Crippen LogP contribution in [0, 0.1) is 10.8 Å². The molecule has 0 spiro atoms. The van der Waals surface area contributed by atoms with E-state index in [0.29, 0.717) is 16.5 Å². The van der Waals surface area contributed by atoms with E-state index in [4.69, 9.17) is 21.3 Å². The Labute approximate surface area is 211 Å². The van der Waals surface area contributed by atoms with E-state index in [1.54, 1.807) is 30.1 Å². The summed E-state index contributed by atoms with van der Waals surface area (Å²) in [5.74, 6) is -0.385. The van der Waals surface area contributed by atoms with Crippen LogP contribution in [0.3, 0.4) is 0 Å². The maximum atomic E-state index is 8.35. The molecule has 2 aromatic carbocycles. The van der Waals surface area contributed by atoms with Crippen molar-refractivity contribution in [2.24, 2.45) is 0 Å². The molecule has 3 aromatic rings. The maximum absolute atomic E-state index is 8.35. The number of likely N-dealkylation sites (N-methyl/N-ethyl adjacent to an activating group) is 1. The summed E-state index contributed by atoms with van der Waals surface area (Å²) in [5.41, 5.74) is 9.21. The molecule has 0 amide bonds. The van der Waals surface area contributed by atoms with Crippen molar-refractivity contribution in [2.75, 3.05) is 32.9 Å². The molecule has 0 saturated heterocycles. The Morgan fingerprint density at radius 1 is 1.06 bits per heavy atom. The number of hydrogen-bond donors (Lipinski definition) is 4. The van der Waals surface area contributed by atoms with Crippen LogP contribution in [-0.2, 0) is 11.3 Å². The van der Waals surface area contributed by atoms with E-state index in [9.17, 15) is 0 Å². The number of ether oxygens (including phenoxy) is 1. The van der Waals surface area contributed by atoms with E-state index in [0.717, 1.165) is 30.8 Å². The van der Waals surface area contributed by atoms with Crippen molar-refractivity contribution in [3.63, 3.8) is 0 Å². The molecule has 0 aliphatic heterocycles. The normalized spacial score (nSPS) is 11.1. The molecule has 0 aliphatic rings. The van der Waals surface area contributed by atoms with Gasteiger partial charge in [-0.05, 0) is 43.9 Å². The molecular formula is C26H33N7OS. The van der Waals surface area contributed by atoms with Crippen molar-refractivity contribution >= 4 is 29.4 Å². The van der Waals surface area contributed by atoms with E-state index in [1.807, 2.05) is 50.5 Å². The maximum Gasteiger partial charge on any atom is 0.243 e. The number of nitrogens with zero attached hydrogens (tertiary/aromatic N) is 3. The molecule has 8 nitrogen and oxygen atoms in total. The van der Waals surface area contributed by atoms with Crippen LogP contribution in [0.5, 0.6) is 0 Å². The summed E-state index contributed by atoms with van der Waals surface area (Å²) in [4.78, 5) is 12.0. The van der Waals surface area contributed by atoms with Crippen LogP contribution in [0.4, 0.5) is 5.82 Å². The molecule has 184 valence electrons. The minimum atomic E-state index is -0.316. The van der Waals surface area contributed by atoms with Crippen molar-refractivity contribution < 1.29 is 4.74 Å². The average Bonchev–Trinajstić information content (AvgIpc) is 2.82. The second kappa shape index (κ2) is 12.4. The molecule has 9 heteroatoms. The van der Waals surface area contributed by atoms with Gasteiger partial charge in [-0.1, -0.05) is 38.1 Å². The molecule has 3 rings (SSSR count). The monoisotopic (exact) mass is 491 g/mol. The molecule has 1 aromatic heterocycles. The lowest BCUT2D eigenvalue weighted by atomic mass is 10.1. The Hall–Kier alpha value is -3.27. The standard InChI is InChI=1S/C26H33N7OS/c1-17(2)35-21-11-9-19(10-12-21)22-16-31-24(27)23(32-22)26(29)34-25(28)20-7-5-18(6-8-20)15-30-13-14-33(3)4/h5-12,16-17,28-30H,13-15H2,1-4H3,(H2,27,31). The topological polar surface area (TPSA) is 124 Å². The molecule has 0 saturated carbocycles. The van der Waals surface area contributed by atoms with Crippen LogP contribution in [0.25, 0.3) is 11.3 Å². The van der Waals surface area contributed by atoms with Gasteiger partial charge in [0.1, 0.15) is 0 Å². The average molecular weight is 492 g/mol. The fourth-order valence-electron chi connectivity index (χ4n) is 3.20. The summed E-state index contributed by atoms with van der Waals surface area (Å²) in [6.07, 6.45) is 1.58. The largest absolute Gasteiger partial charge is 0.419 e. The summed E-state index contributed by atoms with van der Waals surface area (Å²) in [6, 6.07) is 15.5. The summed E-state index contributed by atoms with van der Waals surface area (Å²) in [5, 5.41) is 20.5. The Morgan fingerprint density at radius 2 is 1.74 bits per heavy atom. The summed E-state index contributed by atoms with van der Waals surface area (Å²) >= 11 is 1.79. The molecule has 35 heavy (non-hydrogen) atoms. The van der Waals surface area contributed by atoms with Gasteiger partial charge in [0.15, 0.2) is 11.5 Å². The number of nitrogens with one attached hydrogen (secondary N) is 3. The van der Waals surface area contributed by atoms with Gasteiger partial charge in [-0.3, -0.25) is 10.8 Å². The van der Waals surface area contributed by atoms with Gasteiger partial charge in [0.05, 0.1) is 11.9 Å². The number of nitrogens with two attached hydrogens (primary N) is 1. The number of aromatic nitrogens is 2. The lowest BCUT2D eigenvalue weighted by Crippen LogP contribution is -2.26. The van der Waals surface area contributed by atoms with E-state index in [-0.39, 0.29) is 23.3 Å². The first kappa shape index (κ1) is 26.3. The highest BCUT2D eigenvalue weighted by Crippen LogP contribution is 2.26. The number of rotatable bonds is 10. The van der Waals surface area contributed by atoms with Crippen LogP contribution in [0.2, 0.25) is 0 Å². The molecule has 0 fully saturated rings. The predicted molar refractivity (Wildman–Crippen MR) is 144 cm³/mol. The van der Waals surface area contributed by atoms with Gasteiger partial charge < -0.3 is 20.7 Å². The van der Waals surface area contributed by atoms with Crippen molar-refractivity contribution in [2.45, 2.75) is 30.5 Å². The SMILES string of the molecule is CC(C)Sc1ccc(-c2cnc(N)c(C(=N)OC(=N)c3ccc(CNCCN(C)C)cc3)n2)cc1. The fourth-order valence-corrected chi connectivity index (χ4v) is 4.04. The second-order valence-electron chi connectivity index (χ2n) is 8.62. The van der Waals surface area contributed by atoms with Gasteiger partial charge in [-0.25, -0.2) is 9.97 Å². The van der Waals surface area contributed by atoms with Crippen molar-refractivity contribution in [1.82, 2.24) is 20.2 Å². The Morgan fingerprint density at radius 3 is 2.37 bits per heavy atom. The molecule has 0 aliphatic carbocycles. The summed E-state index contributed by atoms with van der Waals surface area (Å²) < 4.78 is 5.48. The molecule has 0 unspecified atom stereocenters. The zero-order valence-corrected chi connectivity index (χ0v) is 21.4.